The zero-order chi connectivity index (χ0) is 12.4. The third-order valence-corrected chi connectivity index (χ3v) is 3.15. The van der Waals surface area contributed by atoms with Crippen molar-refractivity contribution in [3.05, 3.63) is 82.2 Å². The van der Waals surface area contributed by atoms with Crippen molar-refractivity contribution in [1.82, 2.24) is 0 Å². The molecule has 4 heteroatoms. The molecule has 0 aromatic heterocycles. The first-order chi connectivity index (χ1) is 8.88. The fraction of sp³-hybridized carbons (Fsp3) is 0.143. The highest BCUT2D eigenvalue weighted by Crippen LogP contribution is 2.52. The Morgan fingerprint density at radius 2 is 1.44 bits per heavy atom. The molecule has 18 heavy (non-hydrogen) atoms. The highest BCUT2D eigenvalue weighted by Gasteiger charge is 2.58. The number of rotatable bonds is 3. The van der Waals surface area contributed by atoms with Crippen LogP contribution in [0, 0.1) is 0 Å². The van der Waals surface area contributed by atoms with E-state index in [0.29, 0.717) is 0 Å². The van der Waals surface area contributed by atoms with Gasteiger partial charge in [0.05, 0.1) is 0 Å². The molecule has 1 aliphatic heterocycles. The van der Waals surface area contributed by atoms with Gasteiger partial charge in [-0.05, 0) is 16.7 Å². The molecule has 88 valence electrons. The number of epoxide rings is 1. The van der Waals surface area contributed by atoms with E-state index in [9.17, 15) is 0 Å². The van der Waals surface area contributed by atoms with E-state index in [1.807, 2.05) is 60.7 Å². The Hall–Kier alpha value is -2.29. The van der Waals surface area contributed by atoms with Crippen molar-refractivity contribution in [2.75, 3.05) is 0 Å². The Bertz CT molecular complexity index is 551. The summed E-state index contributed by atoms with van der Waals surface area (Å²) in [5, 5.41) is 3.70. The normalized spacial score (nSPS) is 19.9. The van der Waals surface area contributed by atoms with Crippen LogP contribution in [0.15, 0.2) is 65.8 Å². The lowest BCUT2D eigenvalue weighted by molar-refractivity contribution is 0.329. The number of ether oxygens (including phenoxy) is 1. The van der Waals surface area contributed by atoms with Crippen LogP contribution in [0.2, 0.25) is 0 Å². The van der Waals surface area contributed by atoms with Crippen molar-refractivity contribution in [3.63, 3.8) is 0 Å². The molecule has 2 aromatic rings. The van der Waals surface area contributed by atoms with Crippen LogP contribution < -0.4 is 0 Å². The van der Waals surface area contributed by atoms with Gasteiger partial charge in [0, 0.05) is 4.91 Å². The summed E-state index contributed by atoms with van der Waals surface area (Å²) in [5.41, 5.74) is 9.98. The molecule has 1 saturated heterocycles. The standard InChI is InChI=1S/C14H11N3O/c15-17-16-13-14(18-13,11-7-3-1-4-8-11)12-9-5-2-6-10-12/h1-10,13H. The Morgan fingerprint density at radius 1 is 0.944 bits per heavy atom. The minimum Gasteiger partial charge on any atom is -0.350 e. The summed E-state index contributed by atoms with van der Waals surface area (Å²) < 4.78 is 5.70. The van der Waals surface area contributed by atoms with Gasteiger partial charge in [0.15, 0.2) is 11.8 Å². The summed E-state index contributed by atoms with van der Waals surface area (Å²) in [6, 6.07) is 19.7. The summed E-state index contributed by atoms with van der Waals surface area (Å²) in [5.74, 6) is 0. The summed E-state index contributed by atoms with van der Waals surface area (Å²) in [6.45, 7) is 0. The second-order valence-electron chi connectivity index (χ2n) is 4.14. The maximum atomic E-state index is 8.58. The second-order valence-corrected chi connectivity index (χ2v) is 4.14. The molecular weight excluding hydrogens is 226 g/mol. The van der Waals surface area contributed by atoms with E-state index in [1.54, 1.807) is 0 Å². The number of nitrogens with zero attached hydrogens (tertiary/aromatic N) is 3. The zero-order valence-corrected chi connectivity index (χ0v) is 9.60. The quantitative estimate of drug-likeness (QED) is 0.348. The van der Waals surface area contributed by atoms with Crippen molar-refractivity contribution in [2.24, 2.45) is 5.11 Å². The predicted molar refractivity (Wildman–Crippen MR) is 67.7 cm³/mol. The molecule has 4 nitrogen and oxygen atoms in total. The van der Waals surface area contributed by atoms with Crippen LogP contribution in [0.1, 0.15) is 11.1 Å². The molecule has 0 amide bonds. The van der Waals surface area contributed by atoms with Gasteiger partial charge >= 0.3 is 0 Å². The fourth-order valence-electron chi connectivity index (χ4n) is 2.25. The van der Waals surface area contributed by atoms with Crippen molar-refractivity contribution < 1.29 is 4.74 Å². The Morgan fingerprint density at radius 3 is 1.89 bits per heavy atom. The first kappa shape index (κ1) is 10.8. The van der Waals surface area contributed by atoms with Crippen molar-refractivity contribution in [1.29, 1.82) is 0 Å². The lowest BCUT2D eigenvalue weighted by Gasteiger charge is -2.13. The van der Waals surface area contributed by atoms with E-state index >= 15 is 0 Å². The molecule has 1 atom stereocenters. The number of benzene rings is 2. The fourth-order valence-corrected chi connectivity index (χ4v) is 2.25. The third kappa shape index (κ3) is 1.56. The van der Waals surface area contributed by atoms with E-state index in [1.165, 1.54) is 0 Å². The maximum absolute atomic E-state index is 8.58. The second kappa shape index (κ2) is 4.18. The minimum absolute atomic E-state index is 0.465. The molecule has 0 N–H and O–H groups in total. The van der Waals surface area contributed by atoms with E-state index in [2.05, 4.69) is 10.0 Å². The largest absolute Gasteiger partial charge is 0.350 e. The van der Waals surface area contributed by atoms with Crippen LogP contribution in [-0.4, -0.2) is 6.23 Å². The molecular formula is C14H11N3O. The molecule has 0 radical (unpaired) electrons. The highest BCUT2D eigenvalue weighted by molar-refractivity contribution is 5.42. The Labute approximate surface area is 104 Å². The Balaban J connectivity index is 2.10. The molecule has 2 aromatic carbocycles. The van der Waals surface area contributed by atoms with Gasteiger partial charge in [-0.25, -0.2) is 0 Å². The molecule has 1 heterocycles. The van der Waals surface area contributed by atoms with E-state index in [0.717, 1.165) is 11.1 Å². The summed E-state index contributed by atoms with van der Waals surface area (Å²) in [7, 11) is 0. The predicted octanol–water partition coefficient (Wildman–Crippen LogP) is 3.60. The van der Waals surface area contributed by atoms with Gasteiger partial charge in [-0.2, -0.15) is 0 Å². The molecule has 1 fully saturated rings. The van der Waals surface area contributed by atoms with Crippen LogP contribution in [-0.2, 0) is 10.3 Å². The summed E-state index contributed by atoms with van der Waals surface area (Å²) in [4.78, 5) is 2.84. The summed E-state index contributed by atoms with van der Waals surface area (Å²) in [6.07, 6.45) is -0.465. The number of azide groups is 1. The van der Waals surface area contributed by atoms with E-state index in [-0.39, 0.29) is 0 Å². The van der Waals surface area contributed by atoms with Crippen molar-refractivity contribution >= 4 is 0 Å². The lowest BCUT2D eigenvalue weighted by Crippen LogP contribution is -2.13. The van der Waals surface area contributed by atoms with Crippen LogP contribution >= 0.6 is 0 Å². The van der Waals surface area contributed by atoms with Crippen molar-refractivity contribution in [3.8, 4) is 0 Å². The zero-order valence-electron chi connectivity index (χ0n) is 9.60. The maximum Gasteiger partial charge on any atom is 0.175 e. The molecule has 0 aliphatic carbocycles. The number of hydrogen-bond donors (Lipinski definition) is 0. The smallest absolute Gasteiger partial charge is 0.175 e. The average molecular weight is 237 g/mol. The van der Waals surface area contributed by atoms with Gasteiger partial charge < -0.3 is 4.74 Å². The van der Waals surface area contributed by atoms with E-state index < -0.39 is 11.8 Å². The van der Waals surface area contributed by atoms with Crippen molar-refractivity contribution in [2.45, 2.75) is 11.8 Å². The van der Waals surface area contributed by atoms with Gasteiger partial charge in [0.1, 0.15) is 0 Å². The topological polar surface area (TPSA) is 61.3 Å². The molecule has 0 bridgehead atoms. The third-order valence-electron chi connectivity index (χ3n) is 3.15. The molecule has 3 rings (SSSR count). The van der Waals surface area contributed by atoms with Crippen LogP contribution in [0.25, 0.3) is 10.4 Å². The monoisotopic (exact) mass is 237 g/mol. The summed E-state index contributed by atoms with van der Waals surface area (Å²) >= 11 is 0. The molecule has 0 saturated carbocycles. The Kier molecular flexibility index (Phi) is 2.52. The van der Waals surface area contributed by atoms with Gasteiger partial charge in [0.25, 0.3) is 0 Å². The van der Waals surface area contributed by atoms with Gasteiger partial charge in [-0.1, -0.05) is 65.8 Å². The average Bonchev–Trinajstić information content (AvgIpc) is 3.17. The van der Waals surface area contributed by atoms with Crippen LogP contribution in [0.5, 0.6) is 0 Å². The highest BCUT2D eigenvalue weighted by atomic mass is 16.6. The minimum atomic E-state index is -0.616. The first-order valence-electron chi connectivity index (χ1n) is 5.71. The number of hydrogen-bond acceptors (Lipinski definition) is 2. The SMILES string of the molecule is [N-]=[N+]=NC1OC1(c1ccccc1)c1ccccc1. The molecule has 1 unspecified atom stereocenters. The van der Waals surface area contributed by atoms with Gasteiger partial charge in [0.2, 0.25) is 0 Å². The van der Waals surface area contributed by atoms with Crippen LogP contribution in [0.4, 0.5) is 0 Å². The first-order valence-corrected chi connectivity index (χ1v) is 5.71. The lowest BCUT2D eigenvalue weighted by atomic mass is 9.90. The molecule has 1 aliphatic rings. The molecule has 0 spiro atoms. The van der Waals surface area contributed by atoms with Gasteiger partial charge in [-0.3, -0.25) is 0 Å². The van der Waals surface area contributed by atoms with Gasteiger partial charge in [-0.15, -0.1) is 0 Å². The van der Waals surface area contributed by atoms with E-state index in [4.69, 9.17) is 10.3 Å². The van der Waals surface area contributed by atoms with Crippen LogP contribution in [0.3, 0.4) is 0 Å².